The van der Waals surface area contributed by atoms with Crippen LogP contribution in [-0.4, -0.2) is 23.4 Å². The van der Waals surface area contributed by atoms with Crippen LogP contribution in [0.25, 0.3) is 31.9 Å². The van der Waals surface area contributed by atoms with E-state index in [4.69, 9.17) is 32.3 Å². The van der Waals surface area contributed by atoms with Crippen molar-refractivity contribution in [3.63, 3.8) is 0 Å². The van der Waals surface area contributed by atoms with Gasteiger partial charge in [0.25, 0.3) is 0 Å². The molecule has 8 heteroatoms. The van der Waals surface area contributed by atoms with E-state index in [1.54, 1.807) is 0 Å². The zero-order valence-corrected chi connectivity index (χ0v) is 4.99. The Labute approximate surface area is 56.6 Å². The van der Waals surface area contributed by atoms with Crippen molar-refractivity contribution in [3.05, 3.63) is 31.9 Å². The summed E-state index contributed by atoms with van der Waals surface area (Å²) in [5.74, 6) is 0. The van der Waals surface area contributed by atoms with E-state index in [0.29, 0.717) is 0 Å². The predicted molar refractivity (Wildman–Crippen MR) is 34.3 cm³/mol. The molecule has 0 heterocycles. The number of nitrogens with zero attached hydrogens (tertiary/aromatic N) is 6. The van der Waals surface area contributed by atoms with E-state index in [1.807, 2.05) is 0 Å². The molecule has 2 N–H and O–H groups in total. The number of hydrogen-bond donors (Lipinski definition) is 2. The lowest BCUT2D eigenvalue weighted by atomic mass is 10.8. The molecule has 0 aromatic rings. The Balaban J connectivity index is -0.0000000750. The molecule has 0 radical (unpaired) electrons. The molecule has 0 spiro atoms. The fourth-order valence-electron chi connectivity index (χ4n) is 0. The second-order valence-electron chi connectivity index (χ2n) is 0.626. The second kappa shape index (κ2) is 50.0. The second-order valence-corrected chi connectivity index (χ2v) is 0.626. The molecule has 0 fully saturated rings. The molecular formula is C2H6N6O2-2. The maximum absolute atomic E-state index is 7.62. The van der Waals surface area contributed by atoms with Crippen LogP contribution in [-0.2, 0) is 0 Å². The van der Waals surface area contributed by atoms with Gasteiger partial charge < -0.3 is 32.3 Å². The molecule has 0 unspecified atom stereocenters. The first-order valence-electron chi connectivity index (χ1n) is 1.93. The highest BCUT2D eigenvalue weighted by Crippen LogP contribution is 1.39. The summed E-state index contributed by atoms with van der Waals surface area (Å²) in [7, 11) is 0. The fraction of sp³-hybridized carbons (Fsp3) is 1.00. The van der Waals surface area contributed by atoms with Crippen molar-refractivity contribution in [2.24, 2.45) is 0 Å². The molecule has 0 bridgehead atoms. The third-order valence-corrected chi connectivity index (χ3v) is 0.1000. The number of aliphatic hydroxyl groups is 2. The molecule has 0 saturated carbocycles. The van der Waals surface area contributed by atoms with Gasteiger partial charge in [-0.25, -0.2) is 0 Å². The van der Waals surface area contributed by atoms with Crippen LogP contribution in [0.2, 0.25) is 0 Å². The highest BCUT2D eigenvalue weighted by molar-refractivity contribution is 4.36. The summed E-state index contributed by atoms with van der Waals surface area (Å²) in [6.45, 7) is -0.250. The highest BCUT2D eigenvalue weighted by Gasteiger charge is 1.58. The molecule has 0 aliphatic heterocycles. The lowest BCUT2D eigenvalue weighted by molar-refractivity contribution is 0.186. The molecule has 10 heavy (non-hydrogen) atoms. The number of aliphatic hydroxyl groups excluding tert-OH is 2. The molecule has 0 aromatic carbocycles. The predicted octanol–water partition coefficient (Wildman–Crippen LogP) is 0.703. The Morgan fingerprint density at radius 2 is 0.900 bits per heavy atom. The van der Waals surface area contributed by atoms with Gasteiger partial charge in [-0.15, -0.1) is 0 Å². The molecule has 0 aromatic heterocycles. The van der Waals surface area contributed by atoms with E-state index in [0.717, 1.165) is 0 Å². The summed E-state index contributed by atoms with van der Waals surface area (Å²) in [6, 6.07) is 0. The summed E-state index contributed by atoms with van der Waals surface area (Å²) in [4.78, 5) is 3.00. The van der Waals surface area contributed by atoms with Crippen LogP contribution in [0, 0.1) is 0 Å². The SMILES string of the molecule is OCCO.[N-]=[N+]=[N-].[N-]=[N+]=[N-]. The van der Waals surface area contributed by atoms with Gasteiger partial charge in [-0.05, 0) is 0 Å². The van der Waals surface area contributed by atoms with Crippen LogP contribution in [0.5, 0.6) is 0 Å². The zero-order chi connectivity index (χ0) is 8.83. The van der Waals surface area contributed by atoms with Crippen LogP contribution in [0.15, 0.2) is 0 Å². The van der Waals surface area contributed by atoms with Crippen LogP contribution in [0.4, 0.5) is 0 Å². The Bertz CT molecular complexity index is 86.3. The van der Waals surface area contributed by atoms with E-state index < -0.39 is 0 Å². The van der Waals surface area contributed by atoms with Crippen molar-refractivity contribution in [3.8, 4) is 0 Å². The Kier molecular flexibility index (Phi) is 79.1. The van der Waals surface area contributed by atoms with E-state index in [1.165, 1.54) is 9.82 Å². The normalized spacial score (nSPS) is 4.60. The van der Waals surface area contributed by atoms with Crippen molar-refractivity contribution in [2.75, 3.05) is 13.2 Å². The van der Waals surface area contributed by atoms with E-state index >= 15 is 0 Å². The largest absolute Gasteiger partial charge is 0.394 e. The summed E-state index contributed by atoms with van der Waals surface area (Å²) < 4.78 is 0. The van der Waals surface area contributed by atoms with Crippen LogP contribution >= 0.6 is 0 Å². The van der Waals surface area contributed by atoms with E-state index in [2.05, 4.69) is 0 Å². The third-order valence-electron chi connectivity index (χ3n) is 0.1000. The molecule has 0 aliphatic rings. The summed E-state index contributed by atoms with van der Waals surface area (Å²) in [5, 5.41) is 15.2. The molecule has 0 aliphatic carbocycles. The minimum Gasteiger partial charge on any atom is -0.394 e. The lowest BCUT2D eigenvalue weighted by Gasteiger charge is -1.70. The molecule has 8 nitrogen and oxygen atoms in total. The Morgan fingerprint density at radius 3 is 0.900 bits per heavy atom. The number of rotatable bonds is 1. The maximum atomic E-state index is 7.62. The standard InChI is InChI=1S/C2H6O2.2N3/c3-1-2-4;2*1-3-2/h3-4H,1-2H2;;/q;2*-1. The molecule has 58 valence electrons. The van der Waals surface area contributed by atoms with Crippen molar-refractivity contribution in [2.45, 2.75) is 0 Å². The van der Waals surface area contributed by atoms with Gasteiger partial charge in [0.15, 0.2) is 0 Å². The Morgan fingerprint density at radius 1 is 0.800 bits per heavy atom. The van der Waals surface area contributed by atoms with E-state index in [9.17, 15) is 0 Å². The van der Waals surface area contributed by atoms with Gasteiger partial charge in [0.2, 0.25) is 0 Å². The average molecular weight is 146 g/mol. The highest BCUT2D eigenvalue weighted by atomic mass is 16.3. The first-order chi connectivity index (χ1) is 4.74. The molecule has 0 saturated heterocycles. The third kappa shape index (κ3) is 949. The van der Waals surface area contributed by atoms with Gasteiger partial charge in [0.1, 0.15) is 0 Å². The van der Waals surface area contributed by atoms with Gasteiger partial charge in [-0.2, -0.15) is 0 Å². The zero-order valence-electron chi connectivity index (χ0n) is 4.99. The first-order valence-corrected chi connectivity index (χ1v) is 1.93. The van der Waals surface area contributed by atoms with Crippen molar-refractivity contribution in [1.29, 1.82) is 0 Å². The van der Waals surface area contributed by atoms with Gasteiger partial charge in [0.05, 0.1) is 13.2 Å². The van der Waals surface area contributed by atoms with Crippen LogP contribution in [0.1, 0.15) is 0 Å². The van der Waals surface area contributed by atoms with Gasteiger partial charge >= 0.3 is 0 Å². The lowest BCUT2D eigenvalue weighted by Crippen LogP contribution is -1.85. The van der Waals surface area contributed by atoms with Gasteiger partial charge in [-0.1, -0.05) is 0 Å². The smallest absolute Gasteiger partial charge is 0.0662 e. The number of hydrogen-bond acceptors (Lipinski definition) is 2. The van der Waals surface area contributed by atoms with E-state index in [-0.39, 0.29) is 13.2 Å². The van der Waals surface area contributed by atoms with Gasteiger partial charge in [-0.3, -0.25) is 9.82 Å². The molecule has 0 rings (SSSR count). The van der Waals surface area contributed by atoms with Crippen LogP contribution < -0.4 is 0 Å². The van der Waals surface area contributed by atoms with Crippen molar-refractivity contribution < 1.29 is 10.2 Å². The summed E-state index contributed by atoms with van der Waals surface area (Å²) in [6.07, 6.45) is 0. The average Bonchev–Trinajstić information content (AvgIpc) is 1.91. The van der Waals surface area contributed by atoms with Gasteiger partial charge in [0, 0.05) is 0 Å². The fourth-order valence-corrected chi connectivity index (χ4v) is 0. The summed E-state index contributed by atoms with van der Waals surface area (Å²) in [5.41, 5.74) is 27.0. The molecular weight excluding hydrogens is 140 g/mol. The van der Waals surface area contributed by atoms with Crippen molar-refractivity contribution >= 4 is 0 Å². The Hall–Kier alpha value is -1.46. The molecule has 0 amide bonds. The molecule has 0 atom stereocenters. The minimum absolute atomic E-state index is 0.125. The topological polar surface area (TPSA) is 158 Å². The van der Waals surface area contributed by atoms with Crippen LogP contribution in [0.3, 0.4) is 0 Å². The monoisotopic (exact) mass is 146 g/mol. The first kappa shape index (κ1) is 15.8. The maximum Gasteiger partial charge on any atom is 0.0662 e. The quantitative estimate of drug-likeness (QED) is 0.317. The van der Waals surface area contributed by atoms with Crippen molar-refractivity contribution in [1.82, 2.24) is 0 Å². The minimum atomic E-state index is -0.125. The summed E-state index contributed by atoms with van der Waals surface area (Å²) >= 11 is 0.